The fraction of sp³-hybridized carbons (Fsp3) is 0.600. The van der Waals surface area contributed by atoms with Gasteiger partial charge in [0.1, 0.15) is 0 Å². The Hall–Kier alpha value is -0.860. The lowest BCUT2D eigenvalue weighted by Crippen LogP contribution is -2.08. The van der Waals surface area contributed by atoms with Crippen molar-refractivity contribution < 1.29 is 0 Å². The van der Waals surface area contributed by atoms with Gasteiger partial charge in [-0.05, 0) is 6.92 Å². The van der Waals surface area contributed by atoms with Gasteiger partial charge in [0.2, 0.25) is 0 Å². The number of nitrogens with zero attached hydrogens (tertiary/aromatic N) is 2. The second-order valence-electron chi connectivity index (χ2n) is 1.99. The van der Waals surface area contributed by atoms with Crippen LogP contribution in [0.25, 0.3) is 0 Å². The molecule has 1 aliphatic heterocycles. The minimum atomic E-state index is 0.278. The number of nitrogens with two attached hydrogens (primary N) is 1. The standard InChI is InChI=1S/C5H9N3/c1-4-2-5(6)3-7-8-4/h3-4H,2,6H2,1H3. The van der Waals surface area contributed by atoms with Gasteiger partial charge in [0, 0.05) is 12.1 Å². The Morgan fingerprint density at radius 2 is 2.62 bits per heavy atom. The van der Waals surface area contributed by atoms with E-state index in [0.29, 0.717) is 0 Å². The van der Waals surface area contributed by atoms with Crippen molar-refractivity contribution >= 4 is 0 Å². The Balaban J connectivity index is 2.59. The molecule has 3 heteroatoms. The molecule has 0 saturated carbocycles. The topological polar surface area (TPSA) is 50.7 Å². The van der Waals surface area contributed by atoms with Crippen molar-refractivity contribution in [1.29, 1.82) is 0 Å². The summed E-state index contributed by atoms with van der Waals surface area (Å²) in [5.74, 6) is 0. The van der Waals surface area contributed by atoms with Crippen molar-refractivity contribution in [2.75, 3.05) is 0 Å². The average Bonchev–Trinajstić information content (AvgIpc) is 1.64. The summed E-state index contributed by atoms with van der Waals surface area (Å²) >= 11 is 0. The Bertz CT molecular complexity index is 137. The van der Waals surface area contributed by atoms with Gasteiger partial charge in [-0.3, -0.25) is 0 Å². The lowest BCUT2D eigenvalue weighted by molar-refractivity contribution is 0.664. The fourth-order valence-electron chi connectivity index (χ4n) is 0.656. The predicted molar refractivity (Wildman–Crippen MR) is 31.2 cm³/mol. The number of rotatable bonds is 0. The molecule has 0 fully saturated rings. The van der Waals surface area contributed by atoms with Crippen LogP contribution in [0.2, 0.25) is 0 Å². The summed E-state index contributed by atoms with van der Waals surface area (Å²) in [4.78, 5) is 0. The smallest absolute Gasteiger partial charge is 0.0739 e. The zero-order chi connectivity index (χ0) is 5.98. The molecule has 1 rings (SSSR count). The van der Waals surface area contributed by atoms with E-state index in [1.54, 1.807) is 6.20 Å². The van der Waals surface area contributed by atoms with Crippen molar-refractivity contribution in [3.05, 3.63) is 11.9 Å². The quantitative estimate of drug-likeness (QED) is 0.498. The van der Waals surface area contributed by atoms with Crippen molar-refractivity contribution in [2.45, 2.75) is 19.4 Å². The maximum Gasteiger partial charge on any atom is 0.0739 e. The molecule has 8 heavy (non-hydrogen) atoms. The van der Waals surface area contributed by atoms with E-state index in [1.165, 1.54) is 0 Å². The van der Waals surface area contributed by atoms with Gasteiger partial charge < -0.3 is 5.73 Å². The number of azo groups is 1. The number of hydrogen-bond acceptors (Lipinski definition) is 3. The molecule has 0 spiro atoms. The van der Waals surface area contributed by atoms with Gasteiger partial charge in [-0.15, -0.1) is 0 Å². The molecule has 0 aliphatic carbocycles. The molecule has 0 bridgehead atoms. The van der Waals surface area contributed by atoms with Gasteiger partial charge in [0.15, 0.2) is 0 Å². The van der Waals surface area contributed by atoms with Gasteiger partial charge >= 0.3 is 0 Å². The Morgan fingerprint density at radius 1 is 1.88 bits per heavy atom. The molecule has 2 N–H and O–H groups in total. The average molecular weight is 111 g/mol. The molecular weight excluding hydrogens is 102 g/mol. The van der Waals surface area contributed by atoms with Crippen LogP contribution in [0.15, 0.2) is 22.1 Å². The lowest BCUT2D eigenvalue weighted by Gasteiger charge is -2.06. The van der Waals surface area contributed by atoms with E-state index in [-0.39, 0.29) is 6.04 Å². The van der Waals surface area contributed by atoms with Gasteiger partial charge in [0.25, 0.3) is 0 Å². The second kappa shape index (κ2) is 1.94. The largest absolute Gasteiger partial charge is 0.401 e. The molecule has 1 heterocycles. The Morgan fingerprint density at radius 3 is 3.00 bits per heavy atom. The molecular formula is C5H9N3. The second-order valence-corrected chi connectivity index (χ2v) is 1.99. The summed E-state index contributed by atoms with van der Waals surface area (Å²) in [5, 5.41) is 7.53. The van der Waals surface area contributed by atoms with E-state index in [9.17, 15) is 0 Å². The Kier molecular flexibility index (Phi) is 1.28. The molecule has 0 saturated heterocycles. The highest BCUT2D eigenvalue weighted by Crippen LogP contribution is 2.08. The van der Waals surface area contributed by atoms with Crippen LogP contribution in [0.5, 0.6) is 0 Å². The molecule has 44 valence electrons. The highest BCUT2D eigenvalue weighted by Gasteiger charge is 2.03. The fourth-order valence-corrected chi connectivity index (χ4v) is 0.656. The first kappa shape index (κ1) is 5.28. The van der Waals surface area contributed by atoms with Crippen LogP contribution in [-0.2, 0) is 0 Å². The van der Waals surface area contributed by atoms with E-state index in [4.69, 9.17) is 5.73 Å². The predicted octanol–water partition coefficient (Wildman–Crippen LogP) is 1.03. The SMILES string of the molecule is CC1CC(N)=CN=N1. The summed E-state index contributed by atoms with van der Waals surface area (Å²) in [5.41, 5.74) is 6.26. The van der Waals surface area contributed by atoms with E-state index >= 15 is 0 Å². The molecule has 0 aromatic rings. The highest BCUT2D eigenvalue weighted by molar-refractivity contribution is 4.99. The zero-order valence-corrected chi connectivity index (χ0v) is 4.83. The summed E-state index contributed by atoms with van der Waals surface area (Å²) < 4.78 is 0. The van der Waals surface area contributed by atoms with Crippen LogP contribution in [0.4, 0.5) is 0 Å². The van der Waals surface area contributed by atoms with Gasteiger partial charge in [-0.2, -0.15) is 10.2 Å². The van der Waals surface area contributed by atoms with Gasteiger partial charge in [-0.1, -0.05) is 0 Å². The lowest BCUT2D eigenvalue weighted by atomic mass is 10.2. The van der Waals surface area contributed by atoms with E-state index in [2.05, 4.69) is 10.2 Å². The molecule has 1 aliphatic rings. The summed E-state index contributed by atoms with van der Waals surface area (Å²) in [7, 11) is 0. The first-order valence-electron chi connectivity index (χ1n) is 2.63. The summed E-state index contributed by atoms with van der Waals surface area (Å²) in [6.45, 7) is 1.99. The summed E-state index contributed by atoms with van der Waals surface area (Å²) in [6.07, 6.45) is 2.45. The minimum absolute atomic E-state index is 0.278. The van der Waals surface area contributed by atoms with Crippen molar-refractivity contribution in [3.63, 3.8) is 0 Å². The molecule has 0 amide bonds. The monoisotopic (exact) mass is 111 g/mol. The normalized spacial score (nSPS) is 27.6. The van der Waals surface area contributed by atoms with Crippen molar-refractivity contribution in [1.82, 2.24) is 0 Å². The third-order valence-corrected chi connectivity index (χ3v) is 1.02. The van der Waals surface area contributed by atoms with E-state index in [0.717, 1.165) is 12.1 Å². The van der Waals surface area contributed by atoms with Crippen LogP contribution < -0.4 is 5.73 Å². The van der Waals surface area contributed by atoms with Crippen molar-refractivity contribution in [2.24, 2.45) is 16.0 Å². The highest BCUT2D eigenvalue weighted by atomic mass is 15.1. The summed E-state index contributed by atoms with van der Waals surface area (Å²) in [6, 6.07) is 0.278. The maximum absolute atomic E-state index is 5.43. The third kappa shape index (κ3) is 1.05. The molecule has 1 atom stereocenters. The van der Waals surface area contributed by atoms with Crippen LogP contribution in [0.1, 0.15) is 13.3 Å². The Labute approximate surface area is 48.3 Å². The van der Waals surface area contributed by atoms with Gasteiger partial charge in [0.05, 0.1) is 12.2 Å². The first-order valence-corrected chi connectivity index (χ1v) is 2.63. The van der Waals surface area contributed by atoms with E-state index in [1.807, 2.05) is 6.92 Å². The van der Waals surface area contributed by atoms with Crippen LogP contribution >= 0.6 is 0 Å². The van der Waals surface area contributed by atoms with Crippen LogP contribution in [0.3, 0.4) is 0 Å². The molecule has 0 aromatic carbocycles. The minimum Gasteiger partial charge on any atom is -0.401 e. The zero-order valence-electron chi connectivity index (χ0n) is 4.83. The van der Waals surface area contributed by atoms with Gasteiger partial charge in [-0.25, -0.2) is 0 Å². The number of hydrogen-bond donors (Lipinski definition) is 1. The van der Waals surface area contributed by atoms with Crippen LogP contribution in [-0.4, -0.2) is 6.04 Å². The maximum atomic E-state index is 5.43. The van der Waals surface area contributed by atoms with Crippen molar-refractivity contribution in [3.8, 4) is 0 Å². The molecule has 0 aromatic heterocycles. The third-order valence-electron chi connectivity index (χ3n) is 1.02. The molecule has 0 radical (unpaired) electrons. The molecule has 3 nitrogen and oxygen atoms in total. The van der Waals surface area contributed by atoms with E-state index < -0.39 is 0 Å². The molecule has 1 unspecified atom stereocenters. The van der Waals surface area contributed by atoms with Crippen LogP contribution in [0, 0.1) is 0 Å². The first-order chi connectivity index (χ1) is 3.79.